The van der Waals surface area contributed by atoms with Gasteiger partial charge in [0.2, 0.25) is 0 Å². The van der Waals surface area contributed by atoms with Crippen LogP contribution in [-0.2, 0) is 5.60 Å². The molecule has 0 aliphatic heterocycles. The van der Waals surface area contributed by atoms with Crippen LogP contribution in [0.2, 0.25) is 0 Å². The number of hydrogen-bond donors (Lipinski definition) is 1. The molecule has 0 amide bonds. The Labute approximate surface area is 108 Å². The molecule has 0 aliphatic rings. The fourth-order valence-corrected chi connectivity index (χ4v) is 1.67. The van der Waals surface area contributed by atoms with Gasteiger partial charge in [0.05, 0.1) is 0 Å². The van der Waals surface area contributed by atoms with Crippen molar-refractivity contribution >= 4 is 0 Å². The molecule has 0 saturated heterocycles. The van der Waals surface area contributed by atoms with Crippen molar-refractivity contribution in [1.82, 2.24) is 0 Å². The van der Waals surface area contributed by atoms with Gasteiger partial charge >= 0.3 is 0 Å². The molecule has 1 atom stereocenters. The van der Waals surface area contributed by atoms with Crippen molar-refractivity contribution in [1.29, 1.82) is 0 Å². The molecule has 0 spiro atoms. The summed E-state index contributed by atoms with van der Waals surface area (Å²) in [6, 6.07) is 17.5. The average Bonchev–Trinajstić information content (AvgIpc) is 2.38. The molecule has 0 aliphatic carbocycles. The van der Waals surface area contributed by atoms with Crippen LogP contribution >= 0.6 is 0 Å². The molecule has 2 rings (SSSR count). The molecule has 0 heterocycles. The van der Waals surface area contributed by atoms with Gasteiger partial charge in [0, 0.05) is 5.56 Å². The molecule has 1 N–H and O–H groups in total. The third kappa shape index (κ3) is 3.00. The second-order valence-corrected chi connectivity index (χ2v) is 4.55. The summed E-state index contributed by atoms with van der Waals surface area (Å²) < 4.78 is 0. The third-order valence-corrected chi connectivity index (χ3v) is 2.84. The van der Waals surface area contributed by atoms with Crippen LogP contribution in [-0.4, -0.2) is 5.11 Å². The zero-order valence-corrected chi connectivity index (χ0v) is 10.6. The SMILES string of the molecule is Cc1ccc(C(C)(O)C#Cc2ccccc2)cc1. The Kier molecular flexibility index (Phi) is 3.50. The lowest BCUT2D eigenvalue weighted by atomic mass is 9.95. The van der Waals surface area contributed by atoms with Gasteiger partial charge in [-0.15, -0.1) is 0 Å². The molecule has 1 unspecified atom stereocenters. The van der Waals surface area contributed by atoms with Crippen LogP contribution in [0.25, 0.3) is 0 Å². The Balaban J connectivity index is 2.27. The fraction of sp³-hybridized carbons (Fsp3) is 0.176. The highest BCUT2D eigenvalue weighted by Gasteiger charge is 2.19. The van der Waals surface area contributed by atoms with Gasteiger partial charge in [-0.2, -0.15) is 0 Å². The summed E-state index contributed by atoms with van der Waals surface area (Å²) in [6.07, 6.45) is 0. The van der Waals surface area contributed by atoms with Gasteiger partial charge in [0.1, 0.15) is 5.60 Å². The molecule has 0 aromatic heterocycles. The quantitative estimate of drug-likeness (QED) is 0.753. The maximum atomic E-state index is 10.4. The molecule has 2 aromatic rings. The smallest absolute Gasteiger partial charge is 0.148 e. The van der Waals surface area contributed by atoms with Crippen molar-refractivity contribution < 1.29 is 5.11 Å². The van der Waals surface area contributed by atoms with Crippen molar-refractivity contribution in [2.24, 2.45) is 0 Å². The van der Waals surface area contributed by atoms with Gasteiger partial charge in [0.25, 0.3) is 0 Å². The zero-order valence-electron chi connectivity index (χ0n) is 10.6. The maximum Gasteiger partial charge on any atom is 0.148 e. The van der Waals surface area contributed by atoms with E-state index < -0.39 is 5.60 Å². The van der Waals surface area contributed by atoms with Crippen LogP contribution in [0, 0.1) is 18.8 Å². The summed E-state index contributed by atoms with van der Waals surface area (Å²) in [5.41, 5.74) is 1.77. The van der Waals surface area contributed by atoms with Crippen LogP contribution in [0.3, 0.4) is 0 Å². The van der Waals surface area contributed by atoms with E-state index in [-0.39, 0.29) is 0 Å². The minimum Gasteiger partial charge on any atom is -0.374 e. The molecule has 0 radical (unpaired) electrons. The first kappa shape index (κ1) is 12.4. The maximum absolute atomic E-state index is 10.4. The predicted molar refractivity (Wildman–Crippen MR) is 74.1 cm³/mol. The lowest BCUT2D eigenvalue weighted by Crippen LogP contribution is -2.18. The third-order valence-electron chi connectivity index (χ3n) is 2.84. The lowest BCUT2D eigenvalue weighted by molar-refractivity contribution is 0.122. The molecular formula is C17H16O. The second-order valence-electron chi connectivity index (χ2n) is 4.55. The monoisotopic (exact) mass is 236 g/mol. The van der Waals surface area contributed by atoms with Crippen molar-refractivity contribution in [2.45, 2.75) is 19.4 Å². The number of aryl methyl sites for hydroxylation is 1. The van der Waals surface area contributed by atoms with Crippen LogP contribution in [0.15, 0.2) is 54.6 Å². The highest BCUT2D eigenvalue weighted by molar-refractivity contribution is 5.39. The lowest BCUT2D eigenvalue weighted by Gasteiger charge is -2.16. The molecule has 1 nitrogen and oxygen atoms in total. The summed E-state index contributed by atoms with van der Waals surface area (Å²) in [6.45, 7) is 3.74. The molecule has 1 heteroatoms. The molecule has 0 fully saturated rings. The summed E-state index contributed by atoms with van der Waals surface area (Å²) in [7, 11) is 0. The first-order valence-electron chi connectivity index (χ1n) is 5.96. The Morgan fingerprint density at radius 3 is 2.17 bits per heavy atom. The van der Waals surface area contributed by atoms with E-state index >= 15 is 0 Å². The van der Waals surface area contributed by atoms with Gasteiger partial charge < -0.3 is 5.11 Å². The van der Waals surface area contributed by atoms with Crippen LogP contribution in [0.4, 0.5) is 0 Å². The topological polar surface area (TPSA) is 20.2 Å². The van der Waals surface area contributed by atoms with Crippen LogP contribution < -0.4 is 0 Å². The Bertz CT molecular complexity index is 569. The fourth-order valence-electron chi connectivity index (χ4n) is 1.67. The van der Waals surface area contributed by atoms with E-state index in [4.69, 9.17) is 0 Å². The standard InChI is InChI=1S/C17H16O/c1-14-8-10-16(11-9-14)17(2,18)13-12-15-6-4-3-5-7-15/h3-11,18H,1-2H3. The van der Waals surface area contributed by atoms with Crippen LogP contribution in [0.5, 0.6) is 0 Å². The van der Waals surface area contributed by atoms with E-state index in [0.29, 0.717) is 0 Å². The first-order valence-corrected chi connectivity index (χ1v) is 5.96. The van der Waals surface area contributed by atoms with Crippen molar-refractivity contribution in [3.8, 4) is 11.8 Å². The predicted octanol–water partition coefficient (Wildman–Crippen LogP) is 3.25. The van der Waals surface area contributed by atoms with Crippen molar-refractivity contribution in [3.05, 3.63) is 71.3 Å². The number of rotatable bonds is 1. The molecule has 0 saturated carbocycles. The summed E-state index contributed by atoms with van der Waals surface area (Å²) in [5, 5.41) is 10.4. The summed E-state index contributed by atoms with van der Waals surface area (Å²) >= 11 is 0. The van der Waals surface area contributed by atoms with E-state index in [2.05, 4.69) is 11.8 Å². The van der Waals surface area contributed by atoms with Crippen molar-refractivity contribution in [2.75, 3.05) is 0 Å². The zero-order chi connectivity index (χ0) is 13.0. The van der Waals surface area contributed by atoms with Gasteiger partial charge in [-0.3, -0.25) is 0 Å². The van der Waals surface area contributed by atoms with Gasteiger partial charge in [-0.25, -0.2) is 0 Å². The number of aliphatic hydroxyl groups is 1. The number of benzene rings is 2. The molecule has 18 heavy (non-hydrogen) atoms. The van der Waals surface area contributed by atoms with E-state index in [0.717, 1.165) is 11.1 Å². The summed E-state index contributed by atoms with van der Waals surface area (Å²) in [4.78, 5) is 0. The first-order chi connectivity index (χ1) is 8.58. The average molecular weight is 236 g/mol. The van der Waals surface area contributed by atoms with Crippen LogP contribution in [0.1, 0.15) is 23.6 Å². The Morgan fingerprint density at radius 2 is 1.56 bits per heavy atom. The molecule has 2 aromatic carbocycles. The highest BCUT2D eigenvalue weighted by Crippen LogP contribution is 2.20. The normalized spacial score (nSPS) is 13.3. The van der Waals surface area contributed by atoms with E-state index in [1.54, 1.807) is 6.92 Å². The molecule has 90 valence electrons. The molecule has 0 bridgehead atoms. The molecular weight excluding hydrogens is 220 g/mol. The van der Waals surface area contributed by atoms with Gasteiger partial charge in [-0.1, -0.05) is 59.9 Å². The van der Waals surface area contributed by atoms with Crippen molar-refractivity contribution in [3.63, 3.8) is 0 Å². The van der Waals surface area contributed by atoms with Gasteiger partial charge in [0.15, 0.2) is 0 Å². The number of hydrogen-bond acceptors (Lipinski definition) is 1. The van der Waals surface area contributed by atoms with E-state index in [9.17, 15) is 5.11 Å². The Hall–Kier alpha value is -2.04. The summed E-state index contributed by atoms with van der Waals surface area (Å²) in [5.74, 6) is 5.91. The minimum atomic E-state index is -1.12. The van der Waals surface area contributed by atoms with Gasteiger partial charge in [-0.05, 0) is 31.5 Å². The second kappa shape index (κ2) is 5.08. The Morgan fingerprint density at radius 1 is 0.944 bits per heavy atom. The largest absolute Gasteiger partial charge is 0.374 e. The highest BCUT2D eigenvalue weighted by atomic mass is 16.3. The van der Waals surface area contributed by atoms with E-state index in [1.807, 2.05) is 61.5 Å². The van der Waals surface area contributed by atoms with E-state index in [1.165, 1.54) is 5.56 Å². The minimum absolute atomic E-state index is 0.816.